The minimum Gasteiger partial charge on any atom is -0.489 e. The Morgan fingerprint density at radius 1 is 1.38 bits per heavy atom. The highest BCUT2D eigenvalue weighted by molar-refractivity contribution is 7.89. The Balaban J connectivity index is 1.94. The number of halogens is 2. The molecule has 2 heterocycles. The fourth-order valence-electron chi connectivity index (χ4n) is 2.14. The summed E-state index contributed by atoms with van der Waals surface area (Å²) in [5.74, 6) is -0.248. The molecular formula is C14H12ClFN4O3S. The molecule has 126 valence electrons. The normalized spacial score (nSPS) is 13.5. The summed E-state index contributed by atoms with van der Waals surface area (Å²) in [6.45, 7) is 0.244. The summed E-state index contributed by atoms with van der Waals surface area (Å²) < 4.78 is 44.6. The van der Waals surface area contributed by atoms with Crippen molar-refractivity contribution in [3.05, 3.63) is 47.1 Å². The zero-order chi connectivity index (χ0) is 17.3. The number of nitrogens with one attached hydrogen (secondary N) is 2. The van der Waals surface area contributed by atoms with Crippen molar-refractivity contribution in [2.24, 2.45) is 0 Å². The summed E-state index contributed by atoms with van der Waals surface area (Å²) in [5.41, 5.74) is 1.40. The van der Waals surface area contributed by atoms with Crippen molar-refractivity contribution >= 4 is 38.8 Å². The maximum atomic E-state index is 13.7. The SMILES string of the molecule is CS(=O)(=O)NC1=CCOc2ccc(Nc3nc(Cl)ncc3F)cc21. The first-order valence-corrected chi connectivity index (χ1v) is 8.99. The highest BCUT2D eigenvalue weighted by atomic mass is 35.5. The standard InChI is InChI=1S/C14H12ClFN4O3S/c1-24(21,22)20-11-4-5-23-12-3-2-8(6-9(11)12)18-13-10(16)7-17-14(15)19-13/h2-4,6-7,20H,5H2,1H3,(H,17,18,19). The van der Waals surface area contributed by atoms with E-state index >= 15 is 0 Å². The zero-order valence-corrected chi connectivity index (χ0v) is 13.9. The molecule has 1 aromatic heterocycles. The Labute approximate surface area is 142 Å². The Morgan fingerprint density at radius 2 is 2.17 bits per heavy atom. The first-order valence-electron chi connectivity index (χ1n) is 6.72. The predicted molar refractivity (Wildman–Crippen MR) is 88.2 cm³/mol. The van der Waals surface area contributed by atoms with E-state index in [9.17, 15) is 12.8 Å². The highest BCUT2D eigenvalue weighted by Crippen LogP contribution is 2.32. The number of rotatable bonds is 4. The van der Waals surface area contributed by atoms with Gasteiger partial charge in [-0.25, -0.2) is 17.8 Å². The molecule has 0 amide bonds. The third-order valence-electron chi connectivity index (χ3n) is 3.07. The molecule has 24 heavy (non-hydrogen) atoms. The van der Waals surface area contributed by atoms with Gasteiger partial charge in [-0.05, 0) is 35.9 Å². The number of sulfonamides is 1. The van der Waals surface area contributed by atoms with Crippen LogP contribution < -0.4 is 14.8 Å². The predicted octanol–water partition coefficient (Wildman–Crippen LogP) is 2.30. The van der Waals surface area contributed by atoms with Crippen molar-refractivity contribution in [1.29, 1.82) is 0 Å². The Bertz CT molecular complexity index is 934. The summed E-state index contributed by atoms with van der Waals surface area (Å²) in [7, 11) is -3.44. The Kier molecular flexibility index (Phi) is 4.29. The van der Waals surface area contributed by atoms with E-state index in [0.29, 0.717) is 22.7 Å². The largest absolute Gasteiger partial charge is 0.489 e. The molecule has 0 aliphatic carbocycles. The maximum absolute atomic E-state index is 13.7. The van der Waals surface area contributed by atoms with Crippen LogP contribution in [0, 0.1) is 5.82 Å². The van der Waals surface area contributed by atoms with E-state index in [-0.39, 0.29) is 17.7 Å². The topological polar surface area (TPSA) is 93.2 Å². The van der Waals surface area contributed by atoms with E-state index in [0.717, 1.165) is 12.5 Å². The molecule has 0 fully saturated rings. The van der Waals surface area contributed by atoms with Gasteiger partial charge >= 0.3 is 0 Å². The quantitative estimate of drug-likeness (QED) is 0.802. The molecule has 0 bridgehead atoms. The molecule has 0 radical (unpaired) electrons. The van der Waals surface area contributed by atoms with Crippen LogP contribution in [0.3, 0.4) is 0 Å². The van der Waals surface area contributed by atoms with Crippen LogP contribution in [0.15, 0.2) is 30.5 Å². The zero-order valence-electron chi connectivity index (χ0n) is 12.4. The number of hydrogen-bond donors (Lipinski definition) is 2. The van der Waals surface area contributed by atoms with Crippen LogP contribution in [0.5, 0.6) is 5.75 Å². The lowest BCUT2D eigenvalue weighted by molar-refractivity contribution is 0.357. The van der Waals surface area contributed by atoms with Gasteiger partial charge in [0.25, 0.3) is 0 Å². The molecule has 0 unspecified atom stereocenters. The van der Waals surface area contributed by atoms with Crippen LogP contribution in [0.25, 0.3) is 5.70 Å². The number of fused-ring (bicyclic) bond motifs is 1. The molecular weight excluding hydrogens is 359 g/mol. The fraction of sp³-hybridized carbons (Fsp3) is 0.143. The molecule has 3 rings (SSSR count). The summed E-state index contributed by atoms with van der Waals surface area (Å²) in [4.78, 5) is 7.31. The molecule has 0 saturated carbocycles. The highest BCUT2D eigenvalue weighted by Gasteiger charge is 2.18. The number of nitrogens with zero attached hydrogens (tertiary/aromatic N) is 2. The van der Waals surface area contributed by atoms with E-state index in [4.69, 9.17) is 16.3 Å². The van der Waals surface area contributed by atoms with Crippen LogP contribution in [0.4, 0.5) is 15.9 Å². The van der Waals surface area contributed by atoms with Gasteiger partial charge in [0, 0.05) is 11.3 Å². The summed E-state index contributed by atoms with van der Waals surface area (Å²) in [6, 6.07) is 4.92. The average molecular weight is 371 g/mol. The molecule has 0 spiro atoms. The Hall–Kier alpha value is -2.39. The van der Waals surface area contributed by atoms with E-state index in [2.05, 4.69) is 20.0 Å². The van der Waals surface area contributed by atoms with Gasteiger partial charge in [0.05, 0.1) is 18.1 Å². The van der Waals surface area contributed by atoms with E-state index in [1.165, 1.54) is 0 Å². The second-order valence-electron chi connectivity index (χ2n) is 4.97. The molecule has 2 N–H and O–H groups in total. The van der Waals surface area contributed by atoms with Crippen LogP contribution in [0.2, 0.25) is 5.28 Å². The molecule has 1 aliphatic rings. The Morgan fingerprint density at radius 3 is 2.92 bits per heavy atom. The molecule has 10 heteroatoms. The van der Waals surface area contributed by atoms with Gasteiger partial charge in [-0.2, -0.15) is 4.98 Å². The third-order valence-corrected chi connectivity index (χ3v) is 3.84. The minimum atomic E-state index is -3.44. The van der Waals surface area contributed by atoms with Gasteiger partial charge < -0.3 is 10.1 Å². The van der Waals surface area contributed by atoms with Gasteiger partial charge in [-0.3, -0.25) is 4.72 Å². The maximum Gasteiger partial charge on any atom is 0.229 e. The monoisotopic (exact) mass is 370 g/mol. The first-order chi connectivity index (χ1) is 11.3. The number of ether oxygens (including phenoxy) is 1. The lowest BCUT2D eigenvalue weighted by Crippen LogP contribution is -2.23. The molecule has 7 nitrogen and oxygen atoms in total. The summed E-state index contributed by atoms with van der Waals surface area (Å²) in [6.07, 6.45) is 3.62. The van der Waals surface area contributed by atoms with Gasteiger partial charge in [0.2, 0.25) is 15.3 Å². The molecule has 1 aliphatic heterocycles. The number of benzene rings is 1. The van der Waals surface area contributed by atoms with Gasteiger partial charge in [-0.1, -0.05) is 0 Å². The van der Waals surface area contributed by atoms with Crippen LogP contribution in [-0.2, 0) is 10.0 Å². The third kappa shape index (κ3) is 3.74. The summed E-state index contributed by atoms with van der Waals surface area (Å²) >= 11 is 5.66. The van der Waals surface area contributed by atoms with Crippen molar-refractivity contribution in [3.8, 4) is 5.75 Å². The van der Waals surface area contributed by atoms with E-state index in [1.807, 2.05) is 0 Å². The van der Waals surface area contributed by atoms with Crippen molar-refractivity contribution < 1.29 is 17.5 Å². The second-order valence-corrected chi connectivity index (χ2v) is 7.06. The van der Waals surface area contributed by atoms with Crippen LogP contribution >= 0.6 is 11.6 Å². The number of anilines is 2. The number of aromatic nitrogens is 2. The van der Waals surface area contributed by atoms with Crippen LogP contribution in [0.1, 0.15) is 5.56 Å². The first kappa shape index (κ1) is 16.5. The fourth-order valence-corrected chi connectivity index (χ4v) is 2.86. The van der Waals surface area contributed by atoms with Crippen molar-refractivity contribution in [3.63, 3.8) is 0 Å². The van der Waals surface area contributed by atoms with Crippen molar-refractivity contribution in [2.45, 2.75) is 0 Å². The second kappa shape index (κ2) is 6.25. The van der Waals surface area contributed by atoms with Crippen molar-refractivity contribution in [2.75, 3.05) is 18.2 Å². The van der Waals surface area contributed by atoms with Gasteiger partial charge in [0.1, 0.15) is 12.4 Å². The average Bonchev–Trinajstić information content (AvgIpc) is 2.50. The van der Waals surface area contributed by atoms with Crippen LogP contribution in [-0.4, -0.2) is 31.2 Å². The molecule has 0 atom stereocenters. The van der Waals surface area contributed by atoms with Crippen molar-refractivity contribution in [1.82, 2.24) is 14.7 Å². The number of hydrogen-bond acceptors (Lipinski definition) is 6. The lowest BCUT2D eigenvalue weighted by atomic mass is 10.1. The smallest absolute Gasteiger partial charge is 0.229 e. The summed E-state index contributed by atoms with van der Waals surface area (Å²) in [5, 5.41) is 2.68. The minimum absolute atomic E-state index is 0.0896. The van der Waals surface area contributed by atoms with E-state index in [1.54, 1.807) is 24.3 Å². The molecule has 1 aromatic carbocycles. The van der Waals surface area contributed by atoms with Gasteiger partial charge in [-0.15, -0.1) is 0 Å². The molecule has 2 aromatic rings. The van der Waals surface area contributed by atoms with Gasteiger partial charge in [0.15, 0.2) is 11.6 Å². The molecule has 0 saturated heterocycles. The van der Waals surface area contributed by atoms with E-state index < -0.39 is 15.8 Å². The lowest BCUT2D eigenvalue weighted by Gasteiger charge is -2.20.